The van der Waals surface area contributed by atoms with Crippen molar-refractivity contribution in [3.05, 3.63) is 23.8 Å². The van der Waals surface area contributed by atoms with Crippen molar-refractivity contribution in [2.45, 2.75) is 25.9 Å². The van der Waals surface area contributed by atoms with Gasteiger partial charge in [0.2, 0.25) is 6.10 Å². The molecule has 1 aliphatic rings. The summed E-state index contributed by atoms with van der Waals surface area (Å²) < 4.78 is 10.5. The quantitative estimate of drug-likeness (QED) is 0.867. The number of rotatable bonds is 6. The van der Waals surface area contributed by atoms with E-state index in [0.717, 1.165) is 12.0 Å². The molecular weight excluding hydrogens is 272 g/mol. The first-order chi connectivity index (χ1) is 10.2. The molecule has 0 aromatic heterocycles. The lowest BCUT2D eigenvalue weighted by molar-refractivity contribution is -0.131. The van der Waals surface area contributed by atoms with Gasteiger partial charge in [0.05, 0.1) is 19.9 Å². The summed E-state index contributed by atoms with van der Waals surface area (Å²) in [6.45, 7) is 2.63. The Morgan fingerprint density at radius 1 is 1.43 bits per heavy atom. The maximum atomic E-state index is 11.9. The van der Waals surface area contributed by atoms with Crippen molar-refractivity contribution < 1.29 is 19.1 Å². The molecule has 114 valence electrons. The third-order valence-corrected chi connectivity index (χ3v) is 3.23. The van der Waals surface area contributed by atoms with Crippen LogP contribution in [0.4, 0.5) is 0 Å². The van der Waals surface area contributed by atoms with Crippen molar-refractivity contribution in [3.8, 4) is 11.5 Å². The molecule has 0 bridgehead atoms. The first-order valence-corrected chi connectivity index (χ1v) is 6.92. The Bertz CT molecular complexity index is 542. The SMILES string of the molecule is CCCNC(=O)[C@@H]1CC(c2cc(OC)ccc2OC)=NO1. The van der Waals surface area contributed by atoms with Crippen molar-refractivity contribution in [1.29, 1.82) is 0 Å². The summed E-state index contributed by atoms with van der Waals surface area (Å²) in [5.41, 5.74) is 1.46. The highest BCUT2D eigenvalue weighted by atomic mass is 16.6. The van der Waals surface area contributed by atoms with E-state index in [2.05, 4.69) is 10.5 Å². The minimum Gasteiger partial charge on any atom is -0.497 e. The van der Waals surface area contributed by atoms with Crippen LogP contribution in [0.25, 0.3) is 0 Å². The van der Waals surface area contributed by atoms with Crippen molar-refractivity contribution in [2.75, 3.05) is 20.8 Å². The second-order valence-electron chi connectivity index (χ2n) is 4.69. The van der Waals surface area contributed by atoms with E-state index in [4.69, 9.17) is 14.3 Å². The second-order valence-corrected chi connectivity index (χ2v) is 4.69. The molecule has 1 heterocycles. The number of amides is 1. The third-order valence-electron chi connectivity index (χ3n) is 3.23. The average Bonchev–Trinajstić information content (AvgIpc) is 3.01. The zero-order valence-corrected chi connectivity index (χ0v) is 12.5. The molecule has 6 heteroatoms. The minimum absolute atomic E-state index is 0.141. The lowest BCUT2D eigenvalue weighted by Crippen LogP contribution is -2.35. The van der Waals surface area contributed by atoms with E-state index in [1.807, 2.05) is 19.1 Å². The fourth-order valence-corrected chi connectivity index (χ4v) is 2.08. The van der Waals surface area contributed by atoms with Crippen LogP contribution in [0.15, 0.2) is 23.4 Å². The van der Waals surface area contributed by atoms with Crippen molar-refractivity contribution in [3.63, 3.8) is 0 Å². The summed E-state index contributed by atoms with van der Waals surface area (Å²) in [5.74, 6) is 1.23. The van der Waals surface area contributed by atoms with Gasteiger partial charge in [-0.05, 0) is 24.6 Å². The molecule has 0 fully saturated rings. The van der Waals surface area contributed by atoms with Gasteiger partial charge in [0.25, 0.3) is 5.91 Å². The standard InChI is InChI=1S/C15H20N2O4/c1-4-7-16-15(18)14-9-12(17-21-14)11-8-10(19-2)5-6-13(11)20-3/h5-6,8,14H,4,7,9H2,1-3H3,(H,16,18)/t14-/m0/s1. The first kappa shape index (κ1) is 15.2. The Balaban J connectivity index is 2.12. The van der Waals surface area contributed by atoms with E-state index in [1.165, 1.54) is 0 Å². The lowest BCUT2D eigenvalue weighted by Gasteiger charge is -2.10. The van der Waals surface area contributed by atoms with Crippen LogP contribution in [0, 0.1) is 0 Å². The Labute approximate surface area is 124 Å². The van der Waals surface area contributed by atoms with Crippen LogP contribution in [-0.4, -0.2) is 38.5 Å². The van der Waals surface area contributed by atoms with Gasteiger partial charge in [0.1, 0.15) is 11.5 Å². The molecule has 1 N–H and O–H groups in total. The molecule has 0 saturated heterocycles. The smallest absolute Gasteiger partial charge is 0.264 e. The molecule has 21 heavy (non-hydrogen) atoms. The highest BCUT2D eigenvalue weighted by molar-refractivity contribution is 6.06. The van der Waals surface area contributed by atoms with Gasteiger partial charge in [-0.3, -0.25) is 4.79 Å². The van der Waals surface area contributed by atoms with Gasteiger partial charge in [0.15, 0.2) is 0 Å². The highest BCUT2D eigenvalue weighted by Crippen LogP contribution is 2.28. The van der Waals surface area contributed by atoms with Gasteiger partial charge in [-0.15, -0.1) is 0 Å². The van der Waals surface area contributed by atoms with Crippen LogP contribution in [-0.2, 0) is 9.63 Å². The van der Waals surface area contributed by atoms with Crippen LogP contribution < -0.4 is 14.8 Å². The van der Waals surface area contributed by atoms with Gasteiger partial charge in [0, 0.05) is 18.5 Å². The van der Waals surface area contributed by atoms with Crippen LogP contribution >= 0.6 is 0 Å². The molecule has 2 rings (SSSR count). The zero-order valence-electron chi connectivity index (χ0n) is 12.5. The molecule has 0 radical (unpaired) electrons. The third kappa shape index (κ3) is 3.45. The molecule has 0 unspecified atom stereocenters. The monoisotopic (exact) mass is 292 g/mol. The average molecular weight is 292 g/mol. The molecule has 1 aromatic rings. The summed E-state index contributed by atoms with van der Waals surface area (Å²) in [5, 5.41) is 6.83. The van der Waals surface area contributed by atoms with E-state index in [9.17, 15) is 4.79 Å². The van der Waals surface area contributed by atoms with E-state index in [0.29, 0.717) is 30.2 Å². The zero-order chi connectivity index (χ0) is 15.2. The number of carbonyl (C=O) groups is 1. The van der Waals surface area contributed by atoms with Gasteiger partial charge in [-0.1, -0.05) is 12.1 Å². The summed E-state index contributed by atoms with van der Waals surface area (Å²) in [4.78, 5) is 17.1. The molecule has 6 nitrogen and oxygen atoms in total. The number of ether oxygens (including phenoxy) is 2. The van der Waals surface area contributed by atoms with E-state index in [1.54, 1.807) is 20.3 Å². The van der Waals surface area contributed by atoms with Crippen LogP contribution in [0.3, 0.4) is 0 Å². The van der Waals surface area contributed by atoms with Crippen LogP contribution in [0.1, 0.15) is 25.3 Å². The van der Waals surface area contributed by atoms with Gasteiger partial charge in [-0.25, -0.2) is 0 Å². The molecule has 1 aromatic carbocycles. The molecule has 1 atom stereocenters. The number of carbonyl (C=O) groups excluding carboxylic acids is 1. The molecule has 0 spiro atoms. The van der Waals surface area contributed by atoms with Gasteiger partial charge >= 0.3 is 0 Å². The summed E-state index contributed by atoms with van der Waals surface area (Å²) in [6, 6.07) is 5.44. The maximum absolute atomic E-state index is 11.9. The number of hydrogen-bond donors (Lipinski definition) is 1. The number of hydrogen-bond acceptors (Lipinski definition) is 5. The molecular formula is C15H20N2O4. The topological polar surface area (TPSA) is 69.2 Å². The maximum Gasteiger partial charge on any atom is 0.264 e. The fraction of sp³-hybridized carbons (Fsp3) is 0.467. The highest BCUT2D eigenvalue weighted by Gasteiger charge is 2.30. The Hall–Kier alpha value is -2.24. The first-order valence-electron chi connectivity index (χ1n) is 6.92. The molecule has 1 aliphatic heterocycles. The van der Waals surface area contributed by atoms with E-state index < -0.39 is 6.10 Å². The summed E-state index contributed by atoms with van der Waals surface area (Å²) in [6.07, 6.45) is 0.719. The van der Waals surface area contributed by atoms with E-state index >= 15 is 0 Å². The van der Waals surface area contributed by atoms with Crippen molar-refractivity contribution in [1.82, 2.24) is 5.32 Å². The Morgan fingerprint density at radius 3 is 2.90 bits per heavy atom. The van der Waals surface area contributed by atoms with Gasteiger partial charge < -0.3 is 19.6 Å². The number of benzene rings is 1. The van der Waals surface area contributed by atoms with Crippen molar-refractivity contribution >= 4 is 11.6 Å². The summed E-state index contributed by atoms with van der Waals surface area (Å²) >= 11 is 0. The largest absolute Gasteiger partial charge is 0.497 e. The number of nitrogens with zero attached hydrogens (tertiary/aromatic N) is 1. The number of nitrogens with one attached hydrogen (secondary N) is 1. The van der Waals surface area contributed by atoms with Gasteiger partial charge in [-0.2, -0.15) is 0 Å². The second kappa shape index (κ2) is 6.97. The fourth-order valence-electron chi connectivity index (χ4n) is 2.08. The lowest BCUT2D eigenvalue weighted by atomic mass is 10.0. The summed E-state index contributed by atoms with van der Waals surface area (Å²) in [7, 11) is 3.19. The van der Waals surface area contributed by atoms with E-state index in [-0.39, 0.29) is 5.91 Å². The Kier molecular flexibility index (Phi) is 5.03. The molecule has 1 amide bonds. The molecule has 0 saturated carbocycles. The normalized spacial score (nSPS) is 16.9. The predicted molar refractivity (Wildman–Crippen MR) is 78.9 cm³/mol. The van der Waals surface area contributed by atoms with Crippen molar-refractivity contribution in [2.24, 2.45) is 5.16 Å². The molecule has 0 aliphatic carbocycles. The Morgan fingerprint density at radius 2 is 2.24 bits per heavy atom. The predicted octanol–water partition coefficient (Wildman–Crippen LogP) is 1.72. The van der Waals surface area contributed by atoms with Crippen LogP contribution in [0.2, 0.25) is 0 Å². The number of oxime groups is 1. The number of methoxy groups -OCH3 is 2. The van der Waals surface area contributed by atoms with Crippen LogP contribution in [0.5, 0.6) is 11.5 Å². The minimum atomic E-state index is -0.581.